The molecule has 100 valence electrons. The van der Waals surface area contributed by atoms with E-state index in [2.05, 4.69) is 67.6 Å². The molecule has 0 aromatic heterocycles. The van der Waals surface area contributed by atoms with Gasteiger partial charge in [0.15, 0.2) is 0 Å². The van der Waals surface area contributed by atoms with E-state index < -0.39 is 0 Å². The number of nitrogens with two attached hydrogens (primary N) is 1. The second kappa shape index (κ2) is 5.70. The molecule has 0 saturated carbocycles. The Kier molecular flexibility index (Phi) is 3.77. The predicted molar refractivity (Wildman–Crippen MR) is 87.1 cm³/mol. The summed E-state index contributed by atoms with van der Waals surface area (Å²) in [5.41, 5.74) is 8.19. The molecule has 3 aromatic rings. The molecule has 2 heteroatoms. The standard InChI is InChI=1S/C18H17NS/c1-13-10-17(9-7-16(13)12-19)20-18-8-6-14-4-2-3-5-15(14)11-18/h2-11H,12,19H2,1H3. The number of aryl methyl sites for hydroxylation is 1. The summed E-state index contributed by atoms with van der Waals surface area (Å²) in [6, 6.07) is 21.5. The quantitative estimate of drug-likeness (QED) is 0.748. The third-order valence-electron chi connectivity index (χ3n) is 3.49. The third-order valence-corrected chi connectivity index (χ3v) is 4.47. The van der Waals surface area contributed by atoms with E-state index in [-0.39, 0.29) is 0 Å². The molecule has 0 unspecified atom stereocenters. The highest BCUT2D eigenvalue weighted by atomic mass is 32.2. The molecule has 0 aliphatic rings. The fourth-order valence-electron chi connectivity index (χ4n) is 2.33. The monoisotopic (exact) mass is 279 g/mol. The third kappa shape index (κ3) is 2.72. The lowest BCUT2D eigenvalue weighted by Gasteiger charge is -2.07. The van der Waals surface area contributed by atoms with Crippen molar-refractivity contribution < 1.29 is 0 Å². The highest BCUT2D eigenvalue weighted by Crippen LogP contribution is 2.31. The molecule has 0 saturated heterocycles. The smallest absolute Gasteiger partial charge is 0.0180 e. The summed E-state index contributed by atoms with van der Waals surface area (Å²) in [7, 11) is 0. The van der Waals surface area contributed by atoms with Crippen LogP contribution < -0.4 is 5.73 Å². The van der Waals surface area contributed by atoms with Crippen LogP contribution in [0.15, 0.2) is 70.5 Å². The van der Waals surface area contributed by atoms with Crippen molar-refractivity contribution in [1.82, 2.24) is 0 Å². The molecule has 1 nitrogen and oxygen atoms in total. The zero-order valence-corrected chi connectivity index (χ0v) is 12.3. The lowest BCUT2D eigenvalue weighted by Crippen LogP contribution is -1.98. The van der Waals surface area contributed by atoms with Crippen LogP contribution in [0.25, 0.3) is 10.8 Å². The first kappa shape index (κ1) is 13.2. The summed E-state index contributed by atoms with van der Waals surface area (Å²) in [4.78, 5) is 2.53. The van der Waals surface area contributed by atoms with Crippen LogP contribution in [-0.2, 0) is 6.54 Å². The number of rotatable bonds is 3. The molecule has 0 heterocycles. The molecular weight excluding hydrogens is 262 g/mol. The van der Waals surface area contributed by atoms with Gasteiger partial charge in [-0.05, 0) is 53.1 Å². The summed E-state index contributed by atoms with van der Waals surface area (Å²) in [5.74, 6) is 0. The van der Waals surface area contributed by atoms with E-state index in [0.717, 1.165) is 0 Å². The molecule has 20 heavy (non-hydrogen) atoms. The van der Waals surface area contributed by atoms with Gasteiger partial charge in [0.05, 0.1) is 0 Å². The van der Waals surface area contributed by atoms with Gasteiger partial charge in [-0.3, -0.25) is 0 Å². The first-order valence-corrected chi connectivity index (χ1v) is 7.54. The second-order valence-corrected chi connectivity index (χ2v) is 6.05. The highest BCUT2D eigenvalue weighted by molar-refractivity contribution is 7.99. The molecule has 0 fully saturated rings. The lowest BCUT2D eigenvalue weighted by atomic mass is 10.1. The Morgan fingerprint density at radius 2 is 1.55 bits per heavy atom. The number of hydrogen-bond donors (Lipinski definition) is 1. The van der Waals surface area contributed by atoms with Crippen molar-refractivity contribution in [3.63, 3.8) is 0 Å². The van der Waals surface area contributed by atoms with Crippen LogP contribution in [0.2, 0.25) is 0 Å². The Morgan fingerprint density at radius 1 is 0.850 bits per heavy atom. The van der Waals surface area contributed by atoms with E-state index in [1.807, 2.05) is 0 Å². The topological polar surface area (TPSA) is 26.0 Å². The van der Waals surface area contributed by atoms with Gasteiger partial charge in [0.25, 0.3) is 0 Å². The Bertz CT molecular complexity index is 749. The van der Waals surface area contributed by atoms with Crippen LogP contribution in [0.3, 0.4) is 0 Å². The first-order valence-electron chi connectivity index (χ1n) is 6.72. The minimum atomic E-state index is 0.604. The minimum Gasteiger partial charge on any atom is -0.326 e. The van der Waals surface area contributed by atoms with Crippen LogP contribution in [0.4, 0.5) is 0 Å². The van der Waals surface area contributed by atoms with Gasteiger partial charge in [0, 0.05) is 16.3 Å². The maximum atomic E-state index is 5.71. The molecule has 2 N–H and O–H groups in total. The molecule has 0 spiro atoms. The Hall–Kier alpha value is -1.77. The summed E-state index contributed by atoms with van der Waals surface area (Å²) in [6.07, 6.45) is 0. The van der Waals surface area contributed by atoms with Crippen molar-refractivity contribution in [2.24, 2.45) is 5.73 Å². The largest absolute Gasteiger partial charge is 0.326 e. The average molecular weight is 279 g/mol. The van der Waals surface area contributed by atoms with Crippen molar-refractivity contribution in [3.8, 4) is 0 Å². The average Bonchev–Trinajstić information content (AvgIpc) is 2.47. The van der Waals surface area contributed by atoms with E-state index in [9.17, 15) is 0 Å². The minimum absolute atomic E-state index is 0.604. The van der Waals surface area contributed by atoms with Crippen LogP contribution in [-0.4, -0.2) is 0 Å². The van der Waals surface area contributed by atoms with E-state index in [1.165, 1.54) is 31.7 Å². The SMILES string of the molecule is Cc1cc(Sc2ccc3ccccc3c2)ccc1CN. The number of fused-ring (bicyclic) bond motifs is 1. The van der Waals surface area contributed by atoms with Gasteiger partial charge in [0.1, 0.15) is 0 Å². The van der Waals surface area contributed by atoms with Crippen LogP contribution in [0.5, 0.6) is 0 Å². The zero-order chi connectivity index (χ0) is 13.9. The van der Waals surface area contributed by atoms with E-state index in [0.29, 0.717) is 6.54 Å². The molecule has 3 aromatic carbocycles. The second-order valence-electron chi connectivity index (χ2n) is 4.90. The van der Waals surface area contributed by atoms with Crippen molar-refractivity contribution in [3.05, 3.63) is 71.8 Å². The predicted octanol–water partition coefficient (Wildman–Crippen LogP) is 4.76. The number of hydrogen-bond acceptors (Lipinski definition) is 2. The van der Waals surface area contributed by atoms with Gasteiger partial charge >= 0.3 is 0 Å². The maximum Gasteiger partial charge on any atom is 0.0180 e. The van der Waals surface area contributed by atoms with Gasteiger partial charge in [-0.1, -0.05) is 48.2 Å². The van der Waals surface area contributed by atoms with Gasteiger partial charge in [-0.2, -0.15) is 0 Å². The van der Waals surface area contributed by atoms with Gasteiger partial charge < -0.3 is 5.73 Å². The molecule has 3 rings (SSSR count). The van der Waals surface area contributed by atoms with Gasteiger partial charge in [-0.15, -0.1) is 0 Å². The molecule has 0 amide bonds. The van der Waals surface area contributed by atoms with Gasteiger partial charge in [0.2, 0.25) is 0 Å². The molecule has 0 radical (unpaired) electrons. The molecule has 0 aliphatic carbocycles. The fourth-order valence-corrected chi connectivity index (χ4v) is 3.29. The van der Waals surface area contributed by atoms with Crippen LogP contribution in [0.1, 0.15) is 11.1 Å². The number of benzene rings is 3. The van der Waals surface area contributed by atoms with Crippen LogP contribution >= 0.6 is 11.8 Å². The van der Waals surface area contributed by atoms with E-state index in [4.69, 9.17) is 5.73 Å². The first-order chi connectivity index (χ1) is 9.76. The lowest BCUT2D eigenvalue weighted by molar-refractivity contribution is 1.04. The van der Waals surface area contributed by atoms with E-state index in [1.54, 1.807) is 11.8 Å². The highest BCUT2D eigenvalue weighted by Gasteiger charge is 2.02. The Morgan fingerprint density at radius 3 is 2.30 bits per heavy atom. The molecule has 0 atom stereocenters. The molecular formula is C18H17NS. The summed E-state index contributed by atoms with van der Waals surface area (Å²) >= 11 is 1.79. The van der Waals surface area contributed by atoms with Crippen LogP contribution in [0, 0.1) is 6.92 Å². The van der Waals surface area contributed by atoms with E-state index >= 15 is 0 Å². The molecule has 0 bridgehead atoms. The van der Waals surface area contributed by atoms with Crippen molar-refractivity contribution >= 4 is 22.5 Å². The summed E-state index contributed by atoms with van der Waals surface area (Å²) < 4.78 is 0. The molecule has 0 aliphatic heterocycles. The Labute approximate surface area is 123 Å². The van der Waals surface area contributed by atoms with Crippen molar-refractivity contribution in [2.75, 3.05) is 0 Å². The van der Waals surface area contributed by atoms with Gasteiger partial charge in [-0.25, -0.2) is 0 Å². The summed E-state index contributed by atoms with van der Waals surface area (Å²) in [5, 5.41) is 2.57. The Balaban J connectivity index is 1.90. The fraction of sp³-hybridized carbons (Fsp3) is 0.111. The van der Waals surface area contributed by atoms with Crippen molar-refractivity contribution in [1.29, 1.82) is 0 Å². The zero-order valence-electron chi connectivity index (χ0n) is 11.5. The van der Waals surface area contributed by atoms with Crippen molar-refractivity contribution in [2.45, 2.75) is 23.3 Å². The normalized spacial score (nSPS) is 10.9. The summed E-state index contributed by atoms with van der Waals surface area (Å²) in [6.45, 7) is 2.72. The maximum absolute atomic E-state index is 5.71.